The molecule has 0 radical (unpaired) electrons. The monoisotopic (exact) mass is 310 g/mol. The quantitative estimate of drug-likeness (QED) is 0.615. The van der Waals surface area contributed by atoms with Crippen molar-refractivity contribution in [1.29, 1.82) is 0 Å². The van der Waals surface area contributed by atoms with Crippen LogP contribution in [0.1, 0.15) is 0 Å². The molecule has 5 heteroatoms. The summed E-state index contributed by atoms with van der Waals surface area (Å²) in [5, 5.41) is 6.23. The third-order valence-corrected chi connectivity index (χ3v) is 2.61. The summed E-state index contributed by atoms with van der Waals surface area (Å²) in [6, 6.07) is 4.49. The van der Waals surface area contributed by atoms with E-state index in [9.17, 15) is 4.39 Å². The van der Waals surface area contributed by atoms with Crippen LogP contribution < -0.4 is 10.6 Å². The molecule has 2 N–H and O–H groups in total. The molecular weight excluding hydrogens is 302 g/mol. The molecule has 0 fully saturated rings. The second-order valence-corrected chi connectivity index (χ2v) is 3.90. The minimum atomic E-state index is -0.245. The fraction of sp³-hybridized carbons (Fsp3) is 0.125. The van der Waals surface area contributed by atoms with Gasteiger partial charge in [-0.05, 0) is 53.0 Å². The molecule has 1 aromatic rings. The highest BCUT2D eigenvalue weighted by Gasteiger charge is 2.01. The van der Waals surface area contributed by atoms with Crippen molar-refractivity contribution >= 4 is 45.6 Å². The Balaban J connectivity index is 2.83. The predicted molar refractivity (Wildman–Crippen MR) is 64.4 cm³/mol. The normalized spacial score (nSPS) is 9.46. The molecule has 0 spiro atoms. The topological polar surface area (TPSA) is 24.1 Å². The number of anilines is 1. The first-order valence-corrected chi connectivity index (χ1v) is 5.06. The van der Waals surface area contributed by atoms with Crippen molar-refractivity contribution in [3.8, 4) is 0 Å². The lowest BCUT2D eigenvalue weighted by Crippen LogP contribution is -2.24. The molecule has 0 aliphatic rings. The SMILES string of the molecule is CNC(=S)Nc1ccc(F)cc1I. The Kier molecular flexibility index (Phi) is 3.86. The minimum absolute atomic E-state index is 0.245. The van der Waals surface area contributed by atoms with Gasteiger partial charge in [-0.3, -0.25) is 0 Å². The summed E-state index contributed by atoms with van der Waals surface area (Å²) in [7, 11) is 1.73. The molecule has 0 bridgehead atoms. The van der Waals surface area contributed by atoms with Gasteiger partial charge < -0.3 is 10.6 Å². The van der Waals surface area contributed by atoms with E-state index in [1.165, 1.54) is 12.1 Å². The molecule has 0 aliphatic carbocycles. The van der Waals surface area contributed by atoms with E-state index in [-0.39, 0.29) is 5.82 Å². The molecule has 0 aliphatic heterocycles. The van der Waals surface area contributed by atoms with Crippen LogP contribution in [-0.2, 0) is 0 Å². The van der Waals surface area contributed by atoms with Crippen molar-refractivity contribution < 1.29 is 4.39 Å². The zero-order valence-corrected chi connectivity index (χ0v) is 9.87. The van der Waals surface area contributed by atoms with Crippen molar-refractivity contribution in [3.63, 3.8) is 0 Å². The standard InChI is InChI=1S/C8H8FIN2S/c1-11-8(13)12-7-3-2-5(9)4-6(7)10/h2-4H,1H3,(H2,11,12,13). The molecule has 0 aromatic heterocycles. The first-order valence-electron chi connectivity index (χ1n) is 3.57. The van der Waals surface area contributed by atoms with Gasteiger partial charge in [0.2, 0.25) is 0 Å². The number of halogens is 2. The van der Waals surface area contributed by atoms with Crippen molar-refractivity contribution in [1.82, 2.24) is 5.32 Å². The molecule has 2 nitrogen and oxygen atoms in total. The van der Waals surface area contributed by atoms with Crippen molar-refractivity contribution in [2.75, 3.05) is 12.4 Å². The van der Waals surface area contributed by atoms with Crippen LogP contribution in [0.5, 0.6) is 0 Å². The molecule has 0 heterocycles. The van der Waals surface area contributed by atoms with E-state index in [4.69, 9.17) is 12.2 Å². The average molecular weight is 310 g/mol. The molecule has 0 atom stereocenters. The van der Waals surface area contributed by atoms with Crippen LogP contribution in [0, 0.1) is 9.39 Å². The fourth-order valence-corrected chi connectivity index (χ4v) is 1.50. The average Bonchev–Trinajstić information content (AvgIpc) is 2.09. The van der Waals surface area contributed by atoms with Gasteiger partial charge in [0.1, 0.15) is 5.82 Å². The van der Waals surface area contributed by atoms with Crippen LogP contribution in [0.4, 0.5) is 10.1 Å². The Labute approximate surface area is 95.0 Å². The zero-order chi connectivity index (χ0) is 9.84. The molecule has 0 saturated heterocycles. The molecule has 1 aromatic carbocycles. The van der Waals surface area contributed by atoms with Gasteiger partial charge in [-0.1, -0.05) is 0 Å². The Morgan fingerprint density at radius 1 is 1.54 bits per heavy atom. The molecule has 0 amide bonds. The number of rotatable bonds is 1. The molecule has 0 unspecified atom stereocenters. The Morgan fingerprint density at radius 2 is 2.23 bits per heavy atom. The highest BCUT2D eigenvalue weighted by Crippen LogP contribution is 2.18. The lowest BCUT2D eigenvalue weighted by atomic mass is 10.3. The smallest absolute Gasteiger partial charge is 0.170 e. The van der Waals surface area contributed by atoms with E-state index in [1.54, 1.807) is 13.1 Å². The Hall–Kier alpha value is -0.430. The summed E-state index contributed by atoms with van der Waals surface area (Å²) in [6.45, 7) is 0. The summed E-state index contributed by atoms with van der Waals surface area (Å²) in [5.41, 5.74) is 0.807. The highest BCUT2D eigenvalue weighted by molar-refractivity contribution is 14.1. The van der Waals surface area contributed by atoms with Gasteiger partial charge in [-0.2, -0.15) is 0 Å². The first-order chi connectivity index (χ1) is 6.13. The summed E-state index contributed by atoms with van der Waals surface area (Å²) >= 11 is 6.96. The van der Waals surface area contributed by atoms with Gasteiger partial charge in [-0.15, -0.1) is 0 Å². The van der Waals surface area contributed by atoms with Crippen molar-refractivity contribution in [2.24, 2.45) is 0 Å². The largest absolute Gasteiger partial charge is 0.366 e. The first kappa shape index (κ1) is 10.6. The lowest BCUT2D eigenvalue weighted by molar-refractivity contribution is 0.627. The summed E-state index contributed by atoms with van der Waals surface area (Å²) < 4.78 is 13.5. The van der Waals surface area contributed by atoms with Crippen LogP contribution in [0.15, 0.2) is 18.2 Å². The molecule has 1 rings (SSSR count). The highest BCUT2D eigenvalue weighted by atomic mass is 127. The van der Waals surface area contributed by atoms with Crippen molar-refractivity contribution in [2.45, 2.75) is 0 Å². The number of nitrogens with one attached hydrogen (secondary N) is 2. The van der Waals surface area contributed by atoms with Gasteiger partial charge in [0, 0.05) is 10.6 Å². The van der Waals surface area contributed by atoms with Crippen LogP contribution >= 0.6 is 34.8 Å². The molecule has 0 saturated carbocycles. The third kappa shape index (κ3) is 3.07. The molecule has 70 valence electrons. The van der Waals surface area contributed by atoms with E-state index >= 15 is 0 Å². The van der Waals surface area contributed by atoms with Crippen molar-refractivity contribution in [3.05, 3.63) is 27.6 Å². The minimum Gasteiger partial charge on any atom is -0.366 e. The zero-order valence-electron chi connectivity index (χ0n) is 6.90. The number of benzene rings is 1. The number of hydrogen-bond donors (Lipinski definition) is 2. The van der Waals surface area contributed by atoms with Gasteiger partial charge >= 0.3 is 0 Å². The second-order valence-electron chi connectivity index (χ2n) is 2.33. The fourth-order valence-electron chi connectivity index (χ4n) is 0.776. The van der Waals surface area contributed by atoms with E-state index in [1.807, 2.05) is 22.6 Å². The van der Waals surface area contributed by atoms with Gasteiger partial charge in [0.05, 0.1) is 5.69 Å². The van der Waals surface area contributed by atoms with E-state index in [2.05, 4.69) is 10.6 Å². The maximum atomic E-state index is 12.7. The summed E-state index contributed by atoms with van der Waals surface area (Å²) in [6.07, 6.45) is 0. The maximum absolute atomic E-state index is 12.7. The van der Waals surface area contributed by atoms with Crippen LogP contribution in [-0.4, -0.2) is 12.2 Å². The van der Waals surface area contributed by atoms with Crippen LogP contribution in [0.25, 0.3) is 0 Å². The number of thiocarbonyl (C=S) groups is 1. The molecular formula is C8H8FIN2S. The Morgan fingerprint density at radius 3 is 2.77 bits per heavy atom. The van der Waals surface area contributed by atoms with Crippen LogP contribution in [0.2, 0.25) is 0 Å². The summed E-state index contributed by atoms with van der Waals surface area (Å²) in [4.78, 5) is 0. The lowest BCUT2D eigenvalue weighted by Gasteiger charge is -2.08. The van der Waals surface area contributed by atoms with E-state index in [0.29, 0.717) is 5.11 Å². The van der Waals surface area contributed by atoms with Crippen LogP contribution in [0.3, 0.4) is 0 Å². The third-order valence-electron chi connectivity index (χ3n) is 1.41. The number of hydrogen-bond acceptors (Lipinski definition) is 1. The summed E-state index contributed by atoms with van der Waals surface area (Å²) in [5.74, 6) is -0.245. The van der Waals surface area contributed by atoms with Gasteiger partial charge in [0.25, 0.3) is 0 Å². The van der Waals surface area contributed by atoms with Gasteiger partial charge in [-0.25, -0.2) is 4.39 Å². The van der Waals surface area contributed by atoms with E-state index < -0.39 is 0 Å². The second kappa shape index (κ2) is 4.71. The van der Waals surface area contributed by atoms with E-state index in [0.717, 1.165) is 9.26 Å². The van der Waals surface area contributed by atoms with Gasteiger partial charge in [0.15, 0.2) is 5.11 Å². The maximum Gasteiger partial charge on any atom is 0.170 e. The Bertz CT molecular complexity index is 330. The predicted octanol–water partition coefficient (Wildman–Crippen LogP) is 2.35. The molecule has 13 heavy (non-hydrogen) atoms.